The number of carbonyl (C=O) groups excluding carboxylic acids is 1. The van der Waals surface area contributed by atoms with Gasteiger partial charge in [0, 0.05) is 6.42 Å². The average molecular weight is 241 g/mol. The van der Waals surface area contributed by atoms with E-state index in [-0.39, 0.29) is 11.7 Å². The Bertz CT molecular complexity index is 340. The molecule has 0 fully saturated rings. The van der Waals surface area contributed by atoms with Gasteiger partial charge in [-0.05, 0) is 37.6 Å². The number of halogens is 1. The minimum atomic E-state index is -0.298. The molecule has 0 unspecified atom stereocenters. The molecule has 0 spiro atoms. The van der Waals surface area contributed by atoms with Crippen molar-refractivity contribution < 1.29 is 18.8 Å². The van der Waals surface area contributed by atoms with Gasteiger partial charge in [-0.2, -0.15) is 0 Å². The van der Waals surface area contributed by atoms with Crippen molar-refractivity contribution in [3.8, 4) is 5.75 Å². The zero-order chi connectivity index (χ0) is 12.5. The summed E-state index contributed by atoms with van der Waals surface area (Å²) in [6.07, 6.45) is 0.914. The third-order valence-electron chi connectivity index (χ3n) is 1.96. The molecule has 17 heavy (non-hydrogen) atoms. The number of amides is 1. The smallest absolute Gasteiger partial charge is 0.243 e. The molecule has 0 heterocycles. The molecule has 5 heteroatoms. The Hall–Kier alpha value is -1.62. The predicted octanol–water partition coefficient (Wildman–Crippen LogP) is 2.05. The van der Waals surface area contributed by atoms with E-state index < -0.39 is 0 Å². The molecular formula is C12H16FNO3. The van der Waals surface area contributed by atoms with Crippen LogP contribution in [0.4, 0.5) is 4.39 Å². The molecule has 0 saturated carbocycles. The van der Waals surface area contributed by atoms with E-state index in [4.69, 9.17) is 9.57 Å². The van der Waals surface area contributed by atoms with Crippen LogP contribution in [0, 0.1) is 5.82 Å². The molecular weight excluding hydrogens is 225 g/mol. The first kappa shape index (κ1) is 13.4. The molecule has 0 aromatic heterocycles. The average Bonchev–Trinajstić information content (AvgIpc) is 2.34. The molecule has 0 saturated heterocycles. The molecule has 1 amide bonds. The highest BCUT2D eigenvalue weighted by Gasteiger charge is 2.00. The van der Waals surface area contributed by atoms with Gasteiger partial charge in [-0.1, -0.05) is 0 Å². The molecule has 4 nitrogen and oxygen atoms in total. The van der Waals surface area contributed by atoms with Crippen LogP contribution in [0.5, 0.6) is 5.75 Å². The minimum Gasteiger partial charge on any atom is -0.494 e. The maximum Gasteiger partial charge on any atom is 0.243 e. The van der Waals surface area contributed by atoms with E-state index in [1.165, 1.54) is 12.1 Å². The van der Waals surface area contributed by atoms with Gasteiger partial charge in [0.05, 0.1) is 13.2 Å². The molecule has 1 aromatic rings. The Labute approximate surface area is 99.7 Å². The summed E-state index contributed by atoms with van der Waals surface area (Å²) < 4.78 is 17.9. The van der Waals surface area contributed by atoms with Crippen LogP contribution in [-0.4, -0.2) is 19.1 Å². The van der Waals surface area contributed by atoms with Crippen LogP contribution in [0.3, 0.4) is 0 Å². The standard InChI is InChI=1S/C12H16FNO3/c1-2-17-14-12(15)4-3-9-16-11-7-5-10(13)6-8-11/h5-8H,2-4,9H2,1H3,(H,14,15). The highest BCUT2D eigenvalue weighted by molar-refractivity contribution is 5.74. The summed E-state index contributed by atoms with van der Waals surface area (Å²) in [6.45, 7) is 2.64. The second kappa shape index (κ2) is 7.62. The Balaban J connectivity index is 2.11. The maximum absolute atomic E-state index is 12.6. The number of rotatable bonds is 7. The summed E-state index contributed by atoms with van der Waals surface area (Å²) in [6, 6.07) is 5.76. The SMILES string of the molecule is CCONC(=O)CCCOc1ccc(F)cc1. The number of hydrogen-bond donors (Lipinski definition) is 1. The van der Waals surface area contributed by atoms with Crippen LogP contribution in [0.15, 0.2) is 24.3 Å². The van der Waals surface area contributed by atoms with E-state index in [1.54, 1.807) is 19.1 Å². The van der Waals surface area contributed by atoms with E-state index in [1.807, 2.05) is 0 Å². The Morgan fingerprint density at radius 2 is 2.06 bits per heavy atom. The van der Waals surface area contributed by atoms with Gasteiger partial charge in [0.2, 0.25) is 5.91 Å². The summed E-state index contributed by atoms with van der Waals surface area (Å²) in [5.74, 6) is 0.125. The molecule has 0 aliphatic heterocycles. The zero-order valence-electron chi connectivity index (χ0n) is 9.74. The van der Waals surface area contributed by atoms with Gasteiger partial charge in [0.25, 0.3) is 0 Å². The molecule has 1 rings (SSSR count). The number of benzene rings is 1. The van der Waals surface area contributed by atoms with Crippen molar-refractivity contribution in [2.75, 3.05) is 13.2 Å². The van der Waals surface area contributed by atoms with Crippen molar-refractivity contribution in [1.82, 2.24) is 5.48 Å². The molecule has 0 atom stereocenters. The van der Waals surface area contributed by atoms with Crippen molar-refractivity contribution in [3.05, 3.63) is 30.1 Å². The van der Waals surface area contributed by atoms with E-state index in [2.05, 4.69) is 5.48 Å². The molecule has 0 aliphatic rings. The Morgan fingerprint density at radius 3 is 2.71 bits per heavy atom. The lowest BCUT2D eigenvalue weighted by molar-refractivity contribution is -0.133. The minimum absolute atomic E-state index is 0.172. The van der Waals surface area contributed by atoms with Crippen molar-refractivity contribution >= 4 is 5.91 Å². The van der Waals surface area contributed by atoms with Crippen LogP contribution in [0.25, 0.3) is 0 Å². The monoisotopic (exact) mass is 241 g/mol. The number of hydrogen-bond acceptors (Lipinski definition) is 3. The number of ether oxygens (including phenoxy) is 1. The molecule has 1 aromatic carbocycles. The maximum atomic E-state index is 12.6. The lowest BCUT2D eigenvalue weighted by Crippen LogP contribution is -2.23. The highest BCUT2D eigenvalue weighted by Crippen LogP contribution is 2.11. The van der Waals surface area contributed by atoms with Crippen LogP contribution < -0.4 is 10.2 Å². The molecule has 94 valence electrons. The summed E-state index contributed by atoms with van der Waals surface area (Å²) in [5, 5.41) is 0. The van der Waals surface area contributed by atoms with Gasteiger partial charge < -0.3 is 4.74 Å². The summed E-state index contributed by atoms with van der Waals surface area (Å²) in [4.78, 5) is 15.9. The number of nitrogens with one attached hydrogen (secondary N) is 1. The fraction of sp³-hybridized carbons (Fsp3) is 0.417. The van der Waals surface area contributed by atoms with E-state index >= 15 is 0 Å². The highest BCUT2D eigenvalue weighted by atomic mass is 19.1. The zero-order valence-corrected chi connectivity index (χ0v) is 9.74. The first-order valence-corrected chi connectivity index (χ1v) is 5.51. The largest absolute Gasteiger partial charge is 0.494 e. The van der Waals surface area contributed by atoms with Gasteiger partial charge in [0.1, 0.15) is 11.6 Å². The fourth-order valence-corrected chi connectivity index (χ4v) is 1.16. The Morgan fingerprint density at radius 1 is 1.35 bits per heavy atom. The van der Waals surface area contributed by atoms with E-state index in [0.29, 0.717) is 31.8 Å². The van der Waals surface area contributed by atoms with E-state index in [0.717, 1.165) is 0 Å². The quantitative estimate of drug-likeness (QED) is 0.587. The second-order valence-electron chi connectivity index (χ2n) is 3.36. The molecule has 0 aliphatic carbocycles. The first-order valence-electron chi connectivity index (χ1n) is 5.51. The normalized spacial score (nSPS) is 10.0. The van der Waals surface area contributed by atoms with Crippen LogP contribution in [-0.2, 0) is 9.63 Å². The molecule has 1 N–H and O–H groups in total. The number of hydroxylamine groups is 1. The topological polar surface area (TPSA) is 47.6 Å². The van der Waals surface area contributed by atoms with Crippen molar-refractivity contribution in [1.29, 1.82) is 0 Å². The van der Waals surface area contributed by atoms with Crippen molar-refractivity contribution in [2.24, 2.45) is 0 Å². The second-order valence-corrected chi connectivity index (χ2v) is 3.36. The van der Waals surface area contributed by atoms with Gasteiger partial charge in [-0.25, -0.2) is 9.87 Å². The number of carbonyl (C=O) groups is 1. The molecule has 0 radical (unpaired) electrons. The van der Waals surface area contributed by atoms with Crippen LogP contribution >= 0.6 is 0 Å². The van der Waals surface area contributed by atoms with Gasteiger partial charge in [0.15, 0.2) is 0 Å². The molecule has 0 bridgehead atoms. The fourth-order valence-electron chi connectivity index (χ4n) is 1.16. The van der Waals surface area contributed by atoms with Crippen molar-refractivity contribution in [2.45, 2.75) is 19.8 Å². The summed E-state index contributed by atoms with van der Waals surface area (Å²) >= 11 is 0. The third kappa shape index (κ3) is 5.87. The summed E-state index contributed by atoms with van der Waals surface area (Å²) in [5.41, 5.74) is 2.29. The van der Waals surface area contributed by atoms with Crippen molar-refractivity contribution in [3.63, 3.8) is 0 Å². The lowest BCUT2D eigenvalue weighted by Gasteiger charge is -2.06. The Kier molecular flexibility index (Phi) is 6.03. The van der Waals surface area contributed by atoms with Gasteiger partial charge in [-0.15, -0.1) is 0 Å². The van der Waals surface area contributed by atoms with Crippen LogP contribution in [0.2, 0.25) is 0 Å². The third-order valence-corrected chi connectivity index (χ3v) is 1.96. The predicted molar refractivity (Wildman–Crippen MR) is 60.9 cm³/mol. The van der Waals surface area contributed by atoms with Gasteiger partial charge >= 0.3 is 0 Å². The van der Waals surface area contributed by atoms with Crippen LogP contribution in [0.1, 0.15) is 19.8 Å². The summed E-state index contributed by atoms with van der Waals surface area (Å²) in [7, 11) is 0. The lowest BCUT2D eigenvalue weighted by atomic mass is 10.3. The first-order chi connectivity index (χ1) is 8.22. The van der Waals surface area contributed by atoms with Gasteiger partial charge in [-0.3, -0.25) is 9.63 Å². The van der Waals surface area contributed by atoms with E-state index in [9.17, 15) is 9.18 Å².